The van der Waals surface area contributed by atoms with Crippen LogP contribution in [0.2, 0.25) is 15.1 Å². The third-order valence-electron chi connectivity index (χ3n) is 3.37. The van der Waals surface area contributed by atoms with E-state index in [0.29, 0.717) is 0 Å². The minimum atomic E-state index is -4.66. The maximum atomic E-state index is 14.2. The first-order valence-electron chi connectivity index (χ1n) is 7.03. The lowest BCUT2D eigenvalue weighted by molar-refractivity contribution is 0.110. The van der Waals surface area contributed by atoms with Gasteiger partial charge >= 0.3 is 10.1 Å². The van der Waals surface area contributed by atoms with Gasteiger partial charge in [0, 0.05) is 5.92 Å². The summed E-state index contributed by atoms with van der Waals surface area (Å²) < 4.78 is 58.1. The zero-order chi connectivity index (χ0) is 19.4. The van der Waals surface area contributed by atoms with Crippen LogP contribution in [0.3, 0.4) is 0 Å². The van der Waals surface area contributed by atoms with Gasteiger partial charge in [-0.2, -0.15) is 8.42 Å². The topological polar surface area (TPSA) is 65.0 Å². The molecule has 0 bridgehead atoms. The molecule has 11 heteroatoms. The first-order valence-corrected chi connectivity index (χ1v) is 9.58. The van der Waals surface area contributed by atoms with E-state index in [9.17, 15) is 17.2 Å². The van der Waals surface area contributed by atoms with Gasteiger partial charge in [0.1, 0.15) is 18.2 Å². The van der Waals surface area contributed by atoms with Gasteiger partial charge in [-0.3, -0.25) is 4.18 Å². The summed E-state index contributed by atoms with van der Waals surface area (Å²) in [6.07, 6.45) is -1.75. The van der Waals surface area contributed by atoms with Crippen molar-refractivity contribution in [2.45, 2.75) is 37.4 Å². The molecule has 0 N–H and O–H groups in total. The van der Waals surface area contributed by atoms with Gasteiger partial charge in [0.25, 0.3) is 0 Å². The lowest BCUT2D eigenvalue weighted by Gasteiger charge is -2.24. The fraction of sp³-hybridized carbons (Fsp3) is 0.500. The highest BCUT2D eigenvalue weighted by molar-refractivity contribution is 7.87. The molecule has 1 aromatic carbocycles. The van der Waals surface area contributed by atoms with E-state index in [1.165, 1.54) is 14.0 Å². The number of oxime groups is 1. The Bertz CT molecular complexity index is 746. The Hall–Kier alpha value is -0.670. The minimum absolute atomic E-state index is 0.127. The molecule has 0 aliphatic carbocycles. The van der Waals surface area contributed by atoms with Crippen molar-refractivity contribution in [3.63, 3.8) is 0 Å². The monoisotopic (exact) mass is 437 g/mol. The van der Waals surface area contributed by atoms with Crippen molar-refractivity contribution < 1.29 is 26.2 Å². The van der Waals surface area contributed by atoms with Crippen molar-refractivity contribution in [2.75, 3.05) is 7.11 Å². The van der Waals surface area contributed by atoms with E-state index >= 15 is 0 Å². The van der Waals surface area contributed by atoms with Crippen molar-refractivity contribution >= 4 is 51.1 Å². The van der Waals surface area contributed by atoms with Crippen LogP contribution in [0, 0.1) is 11.7 Å². The molecule has 0 fully saturated rings. The molecule has 1 aromatic rings. The van der Waals surface area contributed by atoms with Gasteiger partial charge in [-0.1, -0.05) is 53.8 Å². The van der Waals surface area contributed by atoms with Gasteiger partial charge in [0.05, 0.1) is 27.4 Å². The molecular weight excluding hydrogens is 423 g/mol. The van der Waals surface area contributed by atoms with Crippen LogP contribution < -0.4 is 0 Å². The Labute approximate surface area is 160 Å². The maximum Gasteiger partial charge on any atom is 0.301 e. The number of hydrogen-bond acceptors (Lipinski definition) is 5. The molecule has 0 unspecified atom stereocenters. The average Bonchev–Trinajstić information content (AvgIpc) is 2.54. The van der Waals surface area contributed by atoms with Crippen LogP contribution in [0.5, 0.6) is 0 Å². The van der Waals surface area contributed by atoms with Crippen molar-refractivity contribution in [3.05, 3.63) is 27.0 Å². The molecule has 0 saturated carbocycles. The highest BCUT2D eigenvalue weighted by atomic mass is 35.5. The van der Waals surface area contributed by atoms with Gasteiger partial charge in [0.2, 0.25) is 0 Å². The summed E-state index contributed by atoms with van der Waals surface area (Å²) in [6, 6.07) is 0.984. The lowest BCUT2D eigenvalue weighted by Crippen LogP contribution is -2.32. The Balaban J connectivity index is 3.19. The first kappa shape index (κ1) is 22.4. The van der Waals surface area contributed by atoms with Gasteiger partial charge < -0.3 is 4.84 Å². The number of hydrogen-bond donors (Lipinski definition) is 0. The summed E-state index contributed by atoms with van der Waals surface area (Å²) in [5.41, 5.74) is 0. The van der Waals surface area contributed by atoms with Crippen LogP contribution in [0.25, 0.3) is 0 Å². The lowest BCUT2D eigenvalue weighted by atomic mass is 9.98. The Kier molecular flexibility index (Phi) is 8.34. The summed E-state index contributed by atoms with van der Waals surface area (Å²) in [6.45, 7) is 3.01. The number of halogens is 5. The largest absolute Gasteiger partial charge is 0.399 e. The van der Waals surface area contributed by atoms with E-state index in [2.05, 4.69) is 9.99 Å². The molecule has 0 heterocycles. The van der Waals surface area contributed by atoms with Crippen LogP contribution in [0.15, 0.2) is 16.1 Å². The van der Waals surface area contributed by atoms with Crippen molar-refractivity contribution in [1.29, 1.82) is 0 Å². The van der Waals surface area contributed by atoms with Crippen molar-refractivity contribution in [1.82, 2.24) is 0 Å². The second-order valence-electron chi connectivity index (χ2n) is 5.03. The zero-order valence-corrected chi connectivity index (χ0v) is 16.6. The van der Waals surface area contributed by atoms with E-state index < -0.39 is 49.1 Å². The van der Waals surface area contributed by atoms with Crippen LogP contribution >= 0.6 is 34.8 Å². The predicted octanol–water partition coefficient (Wildman–Crippen LogP) is 4.88. The highest BCUT2D eigenvalue weighted by Crippen LogP contribution is 2.37. The molecule has 142 valence electrons. The summed E-state index contributed by atoms with van der Waals surface area (Å²) in [4.78, 5) is 3.43. The molecular formula is C14H16Cl3F2NO4S. The number of alkyl halides is 1. The number of rotatable bonds is 8. The van der Waals surface area contributed by atoms with Gasteiger partial charge in [-0.05, 0) is 12.5 Å². The standard InChI is InChI=1S/C14H16Cl3F2NO4S/c1-4-11(7(2)10(18)6-20-23-3)24-25(21,22)14-9(16)5-8(15)12(17)13(14)19/h5-7,10-11H,4H2,1-3H3/t7-,10+,11+/m0/s1. The molecule has 0 spiro atoms. The summed E-state index contributed by atoms with van der Waals surface area (Å²) in [7, 11) is -3.43. The molecule has 25 heavy (non-hydrogen) atoms. The molecule has 0 amide bonds. The van der Waals surface area contributed by atoms with E-state index in [1.807, 2.05) is 0 Å². The molecule has 0 aliphatic rings. The fourth-order valence-electron chi connectivity index (χ4n) is 1.98. The van der Waals surface area contributed by atoms with Crippen LogP contribution in [0.1, 0.15) is 20.3 Å². The van der Waals surface area contributed by atoms with Crippen LogP contribution in [-0.4, -0.2) is 34.0 Å². The van der Waals surface area contributed by atoms with Crippen molar-refractivity contribution in [3.8, 4) is 0 Å². The van der Waals surface area contributed by atoms with Crippen LogP contribution in [-0.2, 0) is 19.1 Å². The third-order valence-corrected chi connectivity index (χ3v) is 5.95. The Morgan fingerprint density at radius 3 is 2.44 bits per heavy atom. The Morgan fingerprint density at radius 1 is 1.32 bits per heavy atom. The molecule has 5 nitrogen and oxygen atoms in total. The highest BCUT2D eigenvalue weighted by Gasteiger charge is 2.33. The van der Waals surface area contributed by atoms with E-state index in [0.717, 1.165) is 12.3 Å². The second kappa shape index (κ2) is 9.32. The maximum absolute atomic E-state index is 14.2. The third kappa shape index (κ3) is 5.40. The van der Waals surface area contributed by atoms with E-state index in [-0.39, 0.29) is 11.4 Å². The molecule has 0 saturated heterocycles. The van der Waals surface area contributed by atoms with E-state index in [4.69, 9.17) is 39.0 Å². The summed E-state index contributed by atoms with van der Waals surface area (Å²) in [5, 5.41) is 1.95. The minimum Gasteiger partial charge on any atom is -0.399 e. The van der Waals surface area contributed by atoms with Crippen LogP contribution in [0.4, 0.5) is 8.78 Å². The molecule has 1 rings (SSSR count). The predicted molar refractivity (Wildman–Crippen MR) is 93.3 cm³/mol. The Morgan fingerprint density at radius 2 is 1.92 bits per heavy atom. The number of nitrogens with zero attached hydrogens (tertiary/aromatic N) is 1. The molecule has 3 atom stereocenters. The van der Waals surface area contributed by atoms with Gasteiger partial charge in [-0.15, -0.1) is 0 Å². The summed E-state index contributed by atoms with van der Waals surface area (Å²) >= 11 is 17.0. The normalized spacial score (nSPS) is 16.0. The fourth-order valence-corrected chi connectivity index (χ4v) is 4.26. The van der Waals surface area contributed by atoms with Crippen molar-refractivity contribution in [2.24, 2.45) is 11.1 Å². The SMILES string of the molecule is CC[C@@H](OS(=O)(=O)c1c(Cl)cc(Cl)c(Cl)c1F)[C@@H](C)[C@H](F)C=NOC. The van der Waals surface area contributed by atoms with E-state index in [1.54, 1.807) is 6.92 Å². The zero-order valence-electron chi connectivity index (χ0n) is 13.5. The van der Waals surface area contributed by atoms with Gasteiger partial charge in [-0.25, -0.2) is 8.78 Å². The molecule has 0 aromatic heterocycles. The molecule has 0 radical (unpaired) electrons. The number of benzene rings is 1. The molecule has 0 aliphatic heterocycles. The quantitative estimate of drug-likeness (QED) is 0.191. The smallest absolute Gasteiger partial charge is 0.301 e. The summed E-state index contributed by atoms with van der Waals surface area (Å²) in [5.74, 6) is -2.25. The van der Waals surface area contributed by atoms with Gasteiger partial charge in [0.15, 0.2) is 5.82 Å². The first-order chi connectivity index (χ1) is 11.6. The second-order valence-corrected chi connectivity index (χ2v) is 7.74. The average molecular weight is 439 g/mol.